The molecule has 1 atom stereocenters. The Bertz CT molecular complexity index is 744. The van der Waals surface area contributed by atoms with Crippen LogP contribution < -0.4 is 10.6 Å². The van der Waals surface area contributed by atoms with Crippen LogP contribution in [0.25, 0.3) is 0 Å². The lowest BCUT2D eigenvalue weighted by atomic mass is 10.2. The smallest absolute Gasteiger partial charge is 0.389 e. The Hall–Kier alpha value is -1.44. The Morgan fingerprint density at radius 2 is 2.00 bits per heavy atom. The molecule has 29 heavy (non-hydrogen) atoms. The second-order valence-corrected chi connectivity index (χ2v) is 6.80. The van der Waals surface area contributed by atoms with Gasteiger partial charge in [0.15, 0.2) is 11.7 Å². The van der Waals surface area contributed by atoms with Crippen molar-refractivity contribution in [3.8, 4) is 0 Å². The van der Waals surface area contributed by atoms with Crippen LogP contribution in [0, 0.1) is 0 Å². The largest absolute Gasteiger partial charge is 0.434 e. The standard InChI is InChI=1S/C18H23F3N4O2S.HI/c1-2-22-17(24-9-16-25-15(12-28-16)18(19,20)21)23-8-14(26)11-27-10-13-6-4-3-5-7-13;/h3-7,12,14,26H,2,8-11H2,1H3,(H2,22,23,24);1H. The normalized spacial score (nSPS) is 12.9. The summed E-state index contributed by atoms with van der Waals surface area (Å²) >= 11 is 0.907. The number of thiazole rings is 1. The molecule has 0 saturated carbocycles. The maximum atomic E-state index is 12.6. The minimum atomic E-state index is -4.45. The van der Waals surface area contributed by atoms with Gasteiger partial charge in [-0.25, -0.2) is 9.98 Å². The molecule has 0 spiro atoms. The number of halogens is 4. The first-order chi connectivity index (χ1) is 13.4. The van der Waals surface area contributed by atoms with Gasteiger partial charge in [-0.2, -0.15) is 13.2 Å². The zero-order valence-corrected chi connectivity index (χ0v) is 18.9. The van der Waals surface area contributed by atoms with Crippen LogP contribution in [0.1, 0.15) is 23.2 Å². The lowest BCUT2D eigenvalue weighted by Gasteiger charge is -2.15. The Balaban J connectivity index is 0.00000420. The van der Waals surface area contributed by atoms with E-state index in [0.717, 1.165) is 22.3 Å². The van der Waals surface area contributed by atoms with Crippen molar-refractivity contribution in [3.05, 3.63) is 52.0 Å². The van der Waals surface area contributed by atoms with Crippen molar-refractivity contribution < 1.29 is 23.0 Å². The molecule has 2 rings (SSSR count). The second kappa shape index (κ2) is 13.0. The molecule has 1 aromatic carbocycles. The third-order valence-electron chi connectivity index (χ3n) is 3.49. The monoisotopic (exact) mass is 544 g/mol. The summed E-state index contributed by atoms with van der Waals surface area (Å²) in [5, 5.41) is 17.2. The van der Waals surface area contributed by atoms with Gasteiger partial charge in [0.1, 0.15) is 5.01 Å². The molecule has 0 saturated heterocycles. The van der Waals surface area contributed by atoms with Gasteiger partial charge < -0.3 is 20.5 Å². The van der Waals surface area contributed by atoms with Crippen LogP contribution in [0.4, 0.5) is 13.2 Å². The zero-order chi connectivity index (χ0) is 20.4. The van der Waals surface area contributed by atoms with E-state index in [2.05, 4.69) is 20.6 Å². The number of ether oxygens (including phenoxy) is 1. The van der Waals surface area contributed by atoms with Gasteiger partial charge in [-0.3, -0.25) is 0 Å². The summed E-state index contributed by atoms with van der Waals surface area (Å²) < 4.78 is 43.2. The molecule has 2 aromatic rings. The highest BCUT2D eigenvalue weighted by Crippen LogP contribution is 2.30. The predicted octanol–water partition coefficient (Wildman–Crippen LogP) is 3.41. The highest BCUT2D eigenvalue weighted by Gasteiger charge is 2.33. The second-order valence-electron chi connectivity index (χ2n) is 5.85. The van der Waals surface area contributed by atoms with E-state index in [1.807, 2.05) is 37.3 Å². The summed E-state index contributed by atoms with van der Waals surface area (Å²) in [5.74, 6) is 0.383. The third-order valence-corrected chi connectivity index (χ3v) is 4.32. The van der Waals surface area contributed by atoms with Crippen LogP contribution >= 0.6 is 35.3 Å². The van der Waals surface area contributed by atoms with Crippen molar-refractivity contribution in [3.63, 3.8) is 0 Å². The van der Waals surface area contributed by atoms with Crippen LogP contribution in [0.5, 0.6) is 0 Å². The number of aliphatic hydroxyl groups is 1. The van der Waals surface area contributed by atoms with Gasteiger partial charge in [0.05, 0.1) is 25.9 Å². The zero-order valence-electron chi connectivity index (χ0n) is 15.8. The number of aliphatic hydroxyl groups excluding tert-OH is 1. The average Bonchev–Trinajstić information content (AvgIpc) is 3.14. The van der Waals surface area contributed by atoms with E-state index in [1.54, 1.807) is 0 Å². The molecule has 6 nitrogen and oxygen atoms in total. The van der Waals surface area contributed by atoms with Crippen molar-refractivity contribution in [2.45, 2.75) is 32.4 Å². The molecule has 1 unspecified atom stereocenters. The Labute approximate surface area is 188 Å². The maximum absolute atomic E-state index is 12.6. The molecule has 0 aliphatic carbocycles. The molecule has 0 amide bonds. The topological polar surface area (TPSA) is 78.8 Å². The first-order valence-corrected chi connectivity index (χ1v) is 9.60. The maximum Gasteiger partial charge on any atom is 0.434 e. The number of hydrogen-bond donors (Lipinski definition) is 3. The van der Waals surface area contributed by atoms with E-state index >= 15 is 0 Å². The molecule has 11 heteroatoms. The van der Waals surface area contributed by atoms with Gasteiger partial charge in [0.25, 0.3) is 0 Å². The van der Waals surface area contributed by atoms with Crippen molar-refractivity contribution in [1.82, 2.24) is 15.6 Å². The van der Waals surface area contributed by atoms with Crippen LogP contribution in [0.2, 0.25) is 0 Å². The number of nitrogens with one attached hydrogen (secondary N) is 2. The third kappa shape index (κ3) is 9.74. The molecular formula is C18H24F3IN4O2S. The van der Waals surface area contributed by atoms with Gasteiger partial charge in [0.2, 0.25) is 0 Å². The van der Waals surface area contributed by atoms with Crippen molar-refractivity contribution in [2.24, 2.45) is 4.99 Å². The van der Waals surface area contributed by atoms with E-state index in [0.29, 0.717) is 19.1 Å². The quantitative estimate of drug-likeness (QED) is 0.256. The fraction of sp³-hybridized carbons (Fsp3) is 0.444. The van der Waals surface area contributed by atoms with Crippen LogP contribution in [0.15, 0.2) is 40.7 Å². The number of rotatable bonds is 9. The molecule has 1 aromatic heterocycles. The summed E-state index contributed by atoms with van der Waals surface area (Å²) in [5.41, 5.74) is 0.103. The molecule has 0 fully saturated rings. The number of hydrogen-bond acceptors (Lipinski definition) is 5. The number of nitrogens with zero attached hydrogens (tertiary/aromatic N) is 2. The van der Waals surface area contributed by atoms with E-state index in [4.69, 9.17) is 4.74 Å². The number of guanidine groups is 1. The minimum absolute atomic E-state index is 0. The molecule has 0 bridgehead atoms. The summed E-state index contributed by atoms with van der Waals surface area (Å²) in [6, 6.07) is 9.61. The van der Waals surface area contributed by atoms with Gasteiger partial charge in [-0.1, -0.05) is 30.3 Å². The lowest BCUT2D eigenvalue weighted by molar-refractivity contribution is -0.140. The summed E-state index contributed by atoms with van der Waals surface area (Å²) in [6.07, 6.45) is -5.21. The first-order valence-electron chi connectivity index (χ1n) is 8.72. The Kier molecular flexibility index (Phi) is 11.5. The lowest BCUT2D eigenvalue weighted by Crippen LogP contribution is -2.42. The summed E-state index contributed by atoms with van der Waals surface area (Å²) in [4.78, 5) is 7.74. The molecule has 162 valence electrons. The van der Waals surface area contributed by atoms with Crippen molar-refractivity contribution >= 4 is 41.3 Å². The number of aromatic nitrogens is 1. The van der Waals surface area contributed by atoms with Crippen molar-refractivity contribution in [1.29, 1.82) is 0 Å². The molecule has 0 radical (unpaired) electrons. The fourth-order valence-corrected chi connectivity index (χ4v) is 2.89. The SMILES string of the molecule is CCNC(=NCc1nc(C(F)(F)F)cs1)NCC(O)COCc1ccccc1.I. The summed E-state index contributed by atoms with van der Waals surface area (Å²) in [6.45, 7) is 3.17. The van der Waals surface area contributed by atoms with Crippen molar-refractivity contribution in [2.75, 3.05) is 19.7 Å². The molecule has 3 N–H and O–H groups in total. The Morgan fingerprint density at radius 1 is 1.28 bits per heavy atom. The van der Waals surface area contributed by atoms with Gasteiger partial charge in [0, 0.05) is 18.5 Å². The van der Waals surface area contributed by atoms with E-state index in [1.165, 1.54) is 0 Å². The van der Waals surface area contributed by atoms with Crippen LogP contribution in [0.3, 0.4) is 0 Å². The predicted molar refractivity (Wildman–Crippen MR) is 117 cm³/mol. The van der Waals surface area contributed by atoms with E-state index < -0.39 is 18.0 Å². The Morgan fingerprint density at radius 3 is 2.62 bits per heavy atom. The number of benzene rings is 1. The number of alkyl halides is 3. The first kappa shape index (κ1) is 25.6. The van der Waals surface area contributed by atoms with Gasteiger partial charge >= 0.3 is 6.18 Å². The number of aliphatic imine (C=N–C) groups is 1. The van der Waals surface area contributed by atoms with Crippen LogP contribution in [-0.4, -0.2) is 41.9 Å². The molecule has 1 heterocycles. The van der Waals surface area contributed by atoms with E-state index in [-0.39, 0.29) is 48.7 Å². The minimum Gasteiger partial charge on any atom is -0.389 e. The average molecular weight is 544 g/mol. The van der Waals surface area contributed by atoms with Gasteiger partial charge in [-0.05, 0) is 12.5 Å². The van der Waals surface area contributed by atoms with Gasteiger partial charge in [-0.15, -0.1) is 35.3 Å². The fourth-order valence-electron chi connectivity index (χ4n) is 2.16. The molecule has 0 aliphatic heterocycles. The highest BCUT2D eigenvalue weighted by atomic mass is 127. The summed E-state index contributed by atoms with van der Waals surface area (Å²) in [7, 11) is 0. The molecular weight excluding hydrogens is 520 g/mol. The van der Waals surface area contributed by atoms with Crippen LogP contribution in [-0.2, 0) is 24.1 Å². The highest BCUT2D eigenvalue weighted by molar-refractivity contribution is 14.0. The van der Waals surface area contributed by atoms with E-state index in [9.17, 15) is 18.3 Å². The molecule has 0 aliphatic rings.